The van der Waals surface area contributed by atoms with Gasteiger partial charge in [0.15, 0.2) is 0 Å². The van der Waals surface area contributed by atoms with E-state index in [1.54, 1.807) is 0 Å². The maximum atomic E-state index is 12.3. The summed E-state index contributed by atoms with van der Waals surface area (Å²) in [6, 6.07) is 6.63. The number of amides is 1. The zero-order valence-corrected chi connectivity index (χ0v) is 13.7. The Bertz CT molecular complexity index is 603. The van der Waals surface area contributed by atoms with E-state index in [4.69, 9.17) is 5.11 Å². The SMILES string of the molecule is Cc1ccc2c(c1)C(NC(=O)CC1CCC(C(=O)O)CC1)CC2. The smallest absolute Gasteiger partial charge is 0.306 e. The summed E-state index contributed by atoms with van der Waals surface area (Å²) in [5.41, 5.74) is 3.85. The molecule has 1 saturated carbocycles. The van der Waals surface area contributed by atoms with Crippen LogP contribution in [-0.2, 0) is 16.0 Å². The van der Waals surface area contributed by atoms with Gasteiger partial charge in [0.25, 0.3) is 0 Å². The number of carboxylic acids is 1. The topological polar surface area (TPSA) is 66.4 Å². The lowest BCUT2D eigenvalue weighted by atomic mass is 9.80. The van der Waals surface area contributed by atoms with Gasteiger partial charge in [-0.2, -0.15) is 0 Å². The van der Waals surface area contributed by atoms with Crippen LogP contribution in [0.4, 0.5) is 0 Å². The number of fused-ring (bicyclic) bond motifs is 1. The summed E-state index contributed by atoms with van der Waals surface area (Å²) in [4.78, 5) is 23.3. The first-order valence-electron chi connectivity index (χ1n) is 8.64. The molecule has 23 heavy (non-hydrogen) atoms. The van der Waals surface area contributed by atoms with Gasteiger partial charge >= 0.3 is 5.97 Å². The van der Waals surface area contributed by atoms with Gasteiger partial charge in [0.1, 0.15) is 0 Å². The number of aryl methyl sites for hydroxylation is 2. The molecular weight excluding hydrogens is 290 g/mol. The van der Waals surface area contributed by atoms with Crippen LogP contribution in [0, 0.1) is 18.8 Å². The third-order valence-corrected chi connectivity index (χ3v) is 5.38. The molecule has 1 fully saturated rings. The standard InChI is InChI=1S/C19H25NO3/c1-12-2-5-14-8-9-17(16(14)10-12)20-18(21)11-13-3-6-15(7-4-13)19(22)23/h2,5,10,13,15,17H,3-4,6-9,11H2,1H3,(H,20,21)(H,22,23). The Morgan fingerprint density at radius 2 is 1.91 bits per heavy atom. The molecule has 4 nitrogen and oxygen atoms in total. The van der Waals surface area contributed by atoms with Gasteiger partial charge in [0.2, 0.25) is 5.91 Å². The lowest BCUT2D eigenvalue weighted by molar-refractivity contribution is -0.143. The molecule has 1 atom stereocenters. The van der Waals surface area contributed by atoms with Gasteiger partial charge in [0.05, 0.1) is 12.0 Å². The van der Waals surface area contributed by atoms with Crippen LogP contribution < -0.4 is 5.32 Å². The minimum Gasteiger partial charge on any atom is -0.481 e. The van der Waals surface area contributed by atoms with Crippen molar-refractivity contribution in [3.8, 4) is 0 Å². The number of carbonyl (C=O) groups excluding carboxylic acids is 1. The van der Waals surface area contributed by atoms with Gasteiger partial charge in [-0.25, -0.2) is 0 Å². The van der Waals surface area contributed by atoms with Crippen LogP contribution in [-0.4, -0.2) is 17.0 Å². The number of carbonyl (C=O) groups is 2. The molecule has 0 aliphatic heterocycles. The quantitative estimate of drug-likeness (QED) is 0.895. The molecule has 2 aliphatic rings. The largest absolute Gasteiger partial charge is 0.481 e. The summed E-state index contributed by atoms with van der Waals surface area (Å²) in [6.07, 6.45) is 5.66. The van der Waals surface area contributed by atoms with E-state index in [2.05, 4.69) is 30.4 Å². The highest BCUT2D eigenvalue weighted by Crippen LogP contribution is 2.33. The van der Waals surface area contributed by atoms with Gasteiger partial charge in [-0.1, -0.05) is 23.8 Å². The molecular formula is C19H25NO3. The molecule has 0 radical (unpaired) electrons. The molecule has 0 saturated heterocycles. The van der Waals surface area contributed by atoms with Crippen molar-refractivity contribution in [2.45, 2.75) is 57.9 Å². The number of carboxylic acid groups (broad SMARTS) is 1. The Morgan fingerprint density at radius 1 is 1.17 bits per heavy atom. The number of hydrogen-bond acceptors (Lipinski definition) is 2. The van der Waals surface area contributed by atoms with Gasteiger partial charge in [-0.3, -0.25) is 9.59 Å². The number of benzene rings is 1. The van der Waals surface area contributed by atoms with E-state index in [-0.39, 0.29) is 17.9 Å². The first-order valence-corrected chi connectivity index (χ1v) is 8.64. The molecule has 3 rings (SSSR count). The molecule has 4 heteroatoms. The molecule has 0 heterocycles. The predicted octanol–water partition coefficient (Wildman–Crippen LogP) is 3.38. The van der Waals surface area contributed by atoms with E-state index < -0.39 is 5.97 Å². The molecule has 1 amide bonds. The van der Waals surface area contributed by atoms with Crippen molar-refractivity contribution >= 4 is 11.9 Å². The monoisotopic (exact) mass is 315 g/mol. The normalized spacial score (nSPS) is 26.6. The maximum Gasteiger partial charge on any atom is 0.306 e. The Hall–Kier alpha value is -1.84. The first-order chi connectivity index (χ1) is 11.0. The predicted molar refractivity (Wildman–Crippen MR) is 88.1 cm³/mol. The van der Waals surface area contributed by atoms with Crippen molar-refractivity contribution in [3.63, 3.8) is 0 Å². The van der Waals surface area contributed by atoms with Crippen LogP contribution in [0.3, 0.4) is 0 Å². The van der Waals surface area contributed by atoms with Crippen molar-refractivity contribution in [2.75, 3.05) is 0 Å². The highest BCUT2D eigenvalue weighted by atomic mass is 16.4. The maximum absolute atomic E-state index is 12.3. The van der Waals surface area contributed by atoms with Crippen LogP contribution in [0.25, 0.3) is 0 Å². The molecule has 0 bridgehead atoms. The lowest BCUT2D eigenvalue weighted by Crippen LogP contribution is -2.30. The second-order valence-electron chi connectivity index (χ2n) is 7.12. The molecule has 1 aromatic carbocycles. The second-order valence-corrected chi connectivity index (χ2v) is 7.12. The zero-order valence-electron chi connectivity index (χ0n) is 13.7. The van der Waals surface area contributed by atoms with E-state index in [1.807, 2.05) is 0 Å². The van der Waals surface area contributed by atoms with Crippen LogP contribution in [0.1, 0.15) is 61.3 Å². The van der Waals surface area contributed by atoms with Crippen LogP contribution in [0.15, 0.2) is 18.2 Å². The van der Waals surface area contributed by atoms with Crippen LogP contribution in [0.2, 0.25) is 0 Å². The van der Waals surface area contributed by atoms with E-state index in [1.165, 1.54) is 16.7 Å². The third kappa shape index (κ3) is 3.74. The highest BCUT2D eigenvalue weighted by molar-refractivity contribution is 5.77. The highest BCUT2D eigenvalue weighted by Gasteiger charge is 2.29. The van der Waals surface area contributed by atoms with Crippen molar-refractivity contribution in [1.82, 2.24) is 5.32 Å². The zero-order chi connectivity index (χ0) is 16.4. The van der Waals surface area contributed by atoms with E-state index >= 15 is 0 Å². The summed E-state index contributed by atoms with van der Waals surface area (Å²) < 4.78 is 0. The molecule has 124 valence electrons. The first kappa shape index (κ1) is 16.0. The van der Waals surface area contributed by atoms with Crippen molar-refractivity contribution in [2.24, 2.45) is 11.8 Å². The van der Waals surface area contributed by atoms with Gasteiger partial charge in [-0.15, -0.1) is 0 Å². The lowest BCUT2D eigenvalue weighted by Gasteiger charge is -2.26. The Balaban J connectivity index is 1.52. The van der Waals surface area contributed by atoms with E-state index in [0.717, 1.165) is 25.7 Å². The average Bonchev–Trinajstić information content (AvgIpc) is 2.90. The van der Waals surface area contributed by atoms with Crippen molar-refractivity contribution < 1.29 is 14.7 Å². The van der Waals surface area contributed by atoms with Crippen molar-refractivity contribution in [3.05, 3.63) is 34.9 Å². The summed E-state index contributed by atoms with van der Waals surface area (Å²) in [6.45, 7) is 2.08. The summed E-state index contributed by atoms with van der Waals surface area (Å²) >= 11 is 0. The molecule has 1 unspecified atom stereocenters. The second kappa shape index (κ2) is 6.73. The van der Waals surface area contributed by atoms with Crippen LogP contribution in [0.5, 0.6) is 0 Å². The van der Waals surface area contributed by atoms with Gasteiger partial charge in [-0.05, 0) is 62.5 Å². The summed E-state index contributed by atoms with van der Waals surface area (Å²) in [5, 5.41) is 12.2. The molecule has 2 aliphatic carbocycles. The number of aliphatic carboxylic acids is 1. The fourth-order valence-electron chi connectivity index (χ4n) is 4.00. The summed E-state index contributed by atoms with van der Waals surface area (Å²) in [5.74, 6) is -0.447. The molecule has 2 N–H and O–H groups in total. The van der Waals surface area contributed by atoms with Gasteiger partial charge < -0.3 is 10.4 Å². The number of rotatable bonds is 4. The fourth-order valence-corrected chi connectivity index (χ4v) is 4.00. The van der Waals surface area contributed by atoms with Gasteiger partial charge in [0, 0.05) is 6.42 Å². The average molecular weight is 315 g/mol. The van der Waals surface area contributed by atoms with Crippen molar-refractivity contribution in [1.29, 1.82) is 0 Å². The van der Waals surface area contributed by atoms with Crippen LogP contribution >= 0.6 is 0 Å². The Kier molecular flexibility index (Phi) is 4.69. The summed E-state index contributed by atoms with van der Waals surface area (Å²) in [7, 11) is 0. The minimum atomic E-state index is -0.689. The van der Waals surface area contributed by atoms with E-state index in [9.17, 15) is 9.59 Å². The third-order valence-electron chi connectivity index (χ3n) is 5.38. The molecule has 1 aromatic rings. The van der Waals surface area contributed by atoms with E-state index in [0.29, 0.717) is 25.2 Å². The molecule has 0 spiro atoms. The Labute approximate surface area is 137 Å². The number of nitrogens with one attached hydrogen (secondary N) is 1. The molecule has 0 aromatic heterocycles. The fraction of sp³-hybridized carbons (Fsp3) is 0.579. The Morgan fingerprint density at radius 3 is 2.61 bits per heavy atom. The minimum absolute atomic E-state index is 0.114. The number of hydrogen-bond donors (Lipinski definition) is 2.